The van der Waals surface area contributed by atoms with Gasteiger partial charge in [0.25, 0.3) is 0 Å². The van der Waals surface area contributed by atoms with Crippen molar-refractivity contribution in [2.24, 2.45) is 0 Å². The smallest absolute Gasteiger partial charge is 0.224 e. The minimum atomic E-state index is 0.706. The molecule has 4 heteroatoms. The highest BCUT2D eigenvalue weighted by molar-refractivity contribution is 5.68. The van der Waals surface area contributed by atoms with Crippen molar-refractivity contribution >= 4 is 17.5 Å². The van der Waals surface area contributed by atoms with Gasteiger partial charge in [0, 0.05) is 30.5 Å². The predicted molar refractivity (Wildman–Crippen MR) is 87.4 cm³/mol. The Morgan fingerprint density at radius 3 is 2.95 bits per heavy atom. The first-order valence-corrected chi connectivity index (χ1v) is 7.63. The SMILES string of the molecule is CCNc1ncc(C)c(N2CCCc3cc(C)ccc32)n1. The number of anilines is 3. The maximum atomic E-state index is 4.71. The van der Waals surface area contributed by atoms with E-state index < -0.39 is 0 Å². The fourth-order valence-electron chi connectivity index (χ4n) is 2.90. The summed E-state index contributed by atoms with van der Waals surface area (Å²) < 4.78 is 0. The first-order valence-electron chi connectivity index (χ1n) is 7.63. The van der Waals surface area contributed by atoms with E-state index in [2.05, 4.69) is 54.2 Å². The Labute approximate surface area is 126 Å². The Morgan fingerprint density at radius 2 is 2.14 bits per heavy atom. The molecule has 0 aliphatic carbocycles. The molecule has 2 aromatic rings. The van der Waals surface area contributed by atoms with Crippen LogP contribution in [0.3, 0.4) is 0 Å². The average molecular weight is 282 g/mol. The van der Waals surface area contributed by atoms with Crippen molar-refractivity contribution in [2.45, 2.75) is 33.6 Å². The second-order valence-electron chi connectivity index (χ2n) is 5.62. The summed E-state index contributed by atoms with van der Waals surface area (Å²) in [5, 5.41) is 3.20. The van der Waals surface area contributed by atoms with Gasteiger partial charge in [-0.1, -0.05) is 17.7 Å². The number of hydrogen-bond donors (Lipinski definition) is 1. The van der Waals surface area contributed by atoms with Crippen LogP contribution in [0.15, 0.2) is 24.4 Å². The quantitative estimate of drug-likeness (QED) is 0.933. The first-order chi connectivity index (χ1) is 10.2. The zero-order valence-electron chi connectivity index (χ0n) is 13.0. The van der Waals surface area contributed by atoms with E-state index >= 15 is 0 Å². The highest BCUT2D eigenvalue weighted by Crippen LogP contribution is 2.34. The van der Waals surface area contributed by atoms with Gasteiger partial charge in [-0.15, -0.1) is 0 Å². The fraction of sp³-hybridized carbons (Fsp3) is 0.412. The van der Waals surface area contributed by atoms with Gasteiger partial charge in [-0.3, -0.25) is 0 Å². The summed E-state index contributed by atoms with van der Waals surface area (Å²) in [6.07, 6.45) is 4.22. The van der Waals surface area contributed by atoms with Gasteiger partial charge in [-0.05, 0) is 45.2 Å². The van der Waals surface area contributed by atoms with Crippen molar-refractivity contribution in [3.63, 3.8) is 0 Å². The molecule has 0 atom stereocenters. The van der Waals surface area contributed by atoms with E-state index in [1.807, 2.05) is 6.20 Å². The number of fused-ring (bicyclic) bond motifs is 1. The summed E-state index contributed by atoms with van der Waals surface area (Å²) in [6, 6.07) is 6.69. The van der Waals surface area contributed by atoms with Crippen LogP contribution < -0.4 is 10.2 Å². The number of aromatic nitrogens is 2. The van der Waals surface area contributed by atoms with Gasteiger partial charge in [-0.2, -0.15) is 4.98 Å². The molecule has 21 heavy (non-hydrogen) atoms. The summed E-state index contributed by atoms with van der Waals surface area (Å²) in [7, 11) is 0. The molecule has 0 fully saturated rings. The molecule has 0 radical (unpaired) electrons. The van der Waals surface area contributed by atoms with Crippen LogP contribution >= 0.6 is 0 Å². The molecule has 110 valence electrons. The number of hydrogen-bond acceptors (Lipinski definition) is 4. The number of aryl methyl sites for hydroxylation is 3. The van der Waals surface area contributed by atoms with Crippen LogP contribution in [0.25, 0.3) is 0 Å². The summed E-state index contributed by atoms with van der Waals surface area (Å²) in [5.41, 5.74) is 5.15. The van der Waals surface area contributed by atoms with E-state index in [-0.39, 0.29) is 0 Å². The third-order valence-corrected chi connectivity index (χ3v) is 3.89. The highest BCUT2D eigenvalue weighted by Gasteiger charge is 2.21. The second-order valence-corrected chi connectivity index (χ2v) is 5.62. The van der Waals surface area contributed by atoms with Gasteiger partial charge in [0.05, 0.1) is 0 Å². The third-order valence-electron chi connectivity index (χ3n) is 3.89. The van der Waals surface area contributed by atoms with Crippen LogP contribution in [-0.2, 0) is 6.42 Å². The molecule has 0 spiro atoms. The topological polar surface area (TPSA) is 41.1 Å². The predicted octanol–water partition coefficient (Wildman–Crippen LogP) is 3.61. The minimum Gasteiger partial charge on any atom is -0.354 e. The second kappa shape index (κ2) is 5.72. The van der Waals surface area contributed by atoms with E-state index in [0.717, 1.165) is 37.3 Å². The monoisotopic (exact) mass is 282 g/mol. The van der Waals surface area contributed by atoms with Gasteiger partial charge in [-0.25, -0.2) is 4.98 Å². The van der Waals surface area contributed by atoms with Gasteiger partial charge in [0.15, 0.2) is 0 Å². The molecule has 1 aliphatic heterocycles. The third kappa shape index (κ3) is 2.71. The lowest BCUT2D eigenvalue weighted by molar-refractivity contribution is 0.755. The maximum absolute atomic E-state index is 4.71. The summed E-state index contributed by atoms with van der Waals surface area (Å²) in [6.45, 7) is 8.13. The van der Waals surface area contributed by atoms with Crippen molar-refractivity contribution < 1.29 is 0 Å². The molecule has 0 amide bonds. The minimum absolute atomic E-state index is 0.706. The maximum Gasteiger partial charge on any atom is 0.224 e. The molecule has 1 aliphatic rings. The molecule has 2 heterocycles. The largest absolute Gasteiger partial charge is 0.354 e. The lowest BCUT2D eigenvalue weighted by Gasteiger charge is -2.31. The van der Waals surface area contributed by atoms with Crippen molar-refractivity contribution in [1.29, 1.82) is 0 Å². The molecule has 0 saturated carbocycles. The molecule has 1 aromatic carbocycles. The average Bonchev–Trinajstić information content (AvgIpc) is 2.48. The van der Waals surface area contributed by atoms with E-state index in [1.54, 1.807) is 0 Å². The van der Waals surface area contributed by atoms with E-state index in [4.69, 9.17) is 4.98 Å². The summed E-state index contributed by atoms with van der Waals surface area (Å²) >= 11 is 0. The number of benzene rings is 1. The van der Waals surface area contributed by atoms with Gasteiger partial charge < -0.3 is 10.2 Å². The van der Waals surface area contributed by atoms with Crippen molar-refractivity contribution in [3.05, 3.63) is 41.1 Å². The van der Waals surface area contributed by atoms with Gasteiger partial charge >= 0.3 is 0 Å². The molecular weight excluding hydrogens is 260 g/mol. The van der Waals surface area contributed by atoms with E-state index in [9.17, 15) is 0 Å². The number of nitrogens with one attached hydrogen (secondary N) is 1. The zero-order chi connectivity index (χ0) is 14.8. The normalized spacial score (nSPS) is 14.0. The lowest BCUT2D eigenvalue weighted by atomic mass is 9.99. The Hall–Kier alpha value is -2.10. The molecule has 3 rings (SSSR count). The zero-order valence-corrected chi connectivity index (χ0v) is 13.0. The number of rotatable bonds is 3. The van der Waals surface area contributed by atoms with E-state index in [1.165, 1.54) is 16.8 Å². The standard InChI is InChI=1S/C17H22N4/c1-4-18-17-19-11-13(3)16(20-17)21-9-5-6-14-10-12(2)7-8-15(14)21/h7-8,10-11H,4-6,9H2,1-3H3,(H,18,19,20). The Kier molecular flexibility index (Phi) is 3.78. The van der Waals surface area contributed by atoms with Crippen LogP contribution in [-0.4, -0.2) is 23.1 Å². The van der Waals surface area contributed by atoms with Crippen LogP contribution in [0.1, 0.15) is 30.0 Å². The Morgan fingerprint density at radius 1 is 1.29 bits per heavy atom. The van der Waals surface area contributed by atoms with Crippen LogP contribution in [0.4, 0.5) is 17.5 Å². The molecule has 0 bridgehead atoms. The molecule has 0 saturated heterocycles. The first kappa shape index (κ1) is 13.9. The number of nitrogens with zero attached hydrogens (tertiary/aromatic N) is 3. The summed E-state index contributed by atoms with van der Waals surface area (Å²) in [4.78, 5) is 11.4. The Balaban J connectivity index is 2.04. The van der Waals surface area contributed by atoms with Crippen LogP contribution in [0.2, 0.25) is 0 Å². The lowest BCUT2D eigenvalue weighted by Crippen LogP contribution is -2.26. The van der Waals surface area contributed by atoms with Crippen LogP contribution in [0, 0.1) is 13.8 Å². The van der Waals surface area contributed by atoms with E-state index in [0.29, 0.717) is 5.95 Å². The molecular formula is C17H22N4. The van der Waals surface area contributed by atoms with Crippen molar-refractivity contribution in [1.82, 2.24) is 9.97 Å². The molecule has 1 N–H and O–H groups in total. The fourth-order valence-corrected chi connectivity index (χ4v) is 2.90. The van der Waals surface area contributed by atoms with Crippen molar-refractivity contribution in [3.8, 4) is 0 Å². The highest BCUT2D eigenvalue weighted by atomic mass is 15.2. The van der Waals surface area contributed by atoms with Gasteiger partial charge in [0.1, 0.15) is 5.82 Å². The molecule has 0 unspecified atom stereocenters. The van der Waals surface area contributed by atoms with Crippen molar-refractivity contribution in [2.75, 3.05) is 23.3 Å². The Bertz CT molecular complexity index is 651. The van der Waals surface area contributed by atoms with Crippen LogP contribution in [0.5, 0.6) is 0 Å². The summed E-state index contributed by atoms with van der Waals surface area (Å²) in [5.74, 6) is 1.73. The van der Waals surface area contributed by atoms with Gasteiger partial charge in [0.2, 0.25) is 5.95 Å². The molecule has 4 nitrogen and oxygen atoms in total. The molecule has 1 aromatic heterocycles.